The molecule has 1 N–H and O–H groups in total. The van der Waals surface area contributed by atoms with Gasteiger partial charge in [0.25, 0.3) is 0 Å². The van der Waals surface area contributed by atoms with E-state index in [4.69, 9.17) is 0 Å². The van der Waals surface area contributed by atoms with E-state index >= 15 is 0 Å². The van der Waals surface area contributed by atoms with Crippen LogP contribution in [-0.2, 0) is 6.54 Å². The minimum absolute atomic E-state index is 0.321. The first-order valence-corrected chi connectivity index (χ1v) is 8.47. The molecule has 1 aromatic carbocycles. The summed E-state index contributed by atoms with van der Waals surface area (Å²) in [5, 5.41) is 3.73. The Morgan fingerprint density at radius 2 is 1.76 bits per heavy atom. The average Bonchev–Trinajstić information content (AvgIpc) is 2.45. The molecular formula is C19H34N2. The Morgan fingerprint density at radius 3 is 2.29 bits per heavy atom. The van der Waals surface area contributed by atoms with Gasteiger partial charge in [-0.15, -0.1) is 0 Å². The highest BCUT2D eigenvalue weighted by Crippen LogP contribution is 2.22. The number of nitrogens with one attached hydrogen (secondary N) is 1. The summed E-state index contributed by atoms with van der Waals surface area (Å²) in [4.78, 5) is 2.54. The van der Waals surface area contributed by atoms with E-state index in [2.05, 4.69) is 75.2 Å². The first-order chi connectivity index (χ1) is 9.97. The van der Waals surface area contributed by atoms with Crippen LogP contribution in [0.4, 0.5) is 0 Å². The average molecular weight is 290 g/mol. The second-order valence-corrected chi connectivity index (χ2v) is 7.02. The van der Waals surface area contributed by atoms with Crippen LogP contribution in [0.2, 0.25) is 0 Å². The molecule has 0 aliphatic carbocycles. The van der Waals surface area contributed by atoms with E-state index in [1.165, 1.54) is 18.4 Å². The van der Waals surface area contributed by atoms with Crippen LogP contribution in [0.1, 0.15) is 53.0 Å². The van der Waals surface area contributed by atoms with E-state index in [0.717, 1.165) is 26.2 Å². The largest absolute Gasteiger partial charge is 0.313 e. The third-order valence-electron chi connectivity index (χ3n) is 4.12. The molecule has 2 heteroatoms. The van der Waals surface area contributed by atoms with Crippen LogP contribution in [0.5, 0.6) is 0 Å². The highest BCUT2D eigenvalue weighted by molar-refractivity contribution is 5.14. The smallest absolute Gasteiger partial charge is 0.0233 e. The predicted octanol–water partition coefficient (Wildman–Crippen LogP) is 4.31. The lowest BCUT2D eigenvalue weighted by Crippen LogP contribution is -2.43. The maximum Gasteiger partial charge on any atom is 0.0233 e. The molecule has 0 saturated carbocycles. The Balaban J connectivity index is 2.51. The third-order valence-corrected chi connectivity index (χ3v) is 4.12. The van der Waals surface area contributed by atoms with Gasteiger partial charge in [-0.3, -0.25) is 4.90 Å². The highest BCUT2D eigenvalue weighted by Gasteiger charge is 2.24. The standard InChI is InChI=1S/C19H34N2/c1-6-14-20-18(19(3,4)5)13-15-21(7-2)16-17-11-9-8-10-12-17/h8-12,18,20H,6-7,13-16H2,1-5H3. The van der Waals surface area contributed by atoms with Gasteiger partial charge in [0.15, 0.2) is 0 Å². The molecule has 0 aromatic heterocycles. The van der Waals surface area contributed by atoms with Crippen molar-refractivity contribution < 1.29 is 0 Å². The number of nitrogens with zero attached hydrogens (tertiary/aromatic N) is 1. The lowest BCUT2D eigenvalue weighted by Gasteiger charge is -2.33. The molecule has 1 aromatic rings. The van der Waals surface area contributed by atoms with Crippen LogP contribution in [0.15, 0.2) is 30.3 Å². The van der Waals surface area contributed by atoms with E-state index in [1.807, 2.05) is 0 Å². The zero-order valence-corrected chi connectivity index (χ0v) is 14.7. The van der Waals surface area contributed by atoms with Gasteiger partial charge in [-0.2, -0.15) is 0 Å². The van der Waals surface area contributed by atoms with Crippen LogP contribution in [-0.4, -0.2) is 30.6 Å². The fourth-order valence-corrected chi connectivity index (χ4v) is 2.66. The molecule has 0 heterocycles. The van der Waals surface area contributed by atoms with Gasteiger partial charge in [0, 0.05) is 12.6 Å². The molecule has 0 bridgehead atoms. The Kier molecular flexibility index (Phi) is 7.98. The SMILES string of the molecule is CCCNC(CCN(CC)Cc1ccccc1)C(C)(C)C. The molecular weight excluding hydrogens is 256 g/mol. The minimum atomic E-state index is 0.321. The van der Waals surface area contributed by atoms with Gasteiger partial charge in [-0.1, -0.05) is 65.0 Å². The van der Waals surface area contributed by atoms with Gasteiger partial charge in [-0.05, 0) is 43.5 Å². The fraction of sp³-hybridized carbons (Fsp3) is 0.684. The molecule has 120 valence electrons. The van der Waals surface area contributed by atoms with Crippen LogP contribution in [0.25, 0.3) is 0 Å². The van der Waals surface area contributed by atoms with Crippen molar-refractivity contribution in [2.75, 3.05) is 19.6 Å². The van der Waals surface area contributed by atoms with Gasteiger partial charge in [0.05, 0.1) is 0 Å². The summed E-state index contributed by atoms with van der Waals surface area (Å²) in [5.41, 5.74) is 1.73. The molecule has 0 aliphatic heterocycles. The second kappa shape index (κ2) is 9.22. The summed E-state index contributed by atoms with van der Waals surface area (Å²) < 4.78 is 0. The second-order valence-electron chi connectivity index (χ2n) is 7.02. The predicted molar refractivity (Wildman–Crippen MR) is 93.5 cm³/mol. The van der Waals surface area contributed by atoms with E-state index in [-0.39, 0.29) is 0 Å². The number of rotatable bonds is 9. The van der Waals surface area contributed by atoms with Crippen molar-refractivity contribution in [3.05, 3.63) is 35.9 Å². The van der Waals surface area contributed by atoms with Crippen molar-refractivity contribution in [3.8, 4) is 0 Å². The van der Waals surface area contributed by atoms with Crippen molar-refractivity contribution >= 4 is 0 Å². The molecule has 1 rings (SSSR count). The van der Waals surface area contributed by atoms with Gasteiger partial charge >= 0.3 is 0 Å². The summed E-state index contributed by atoms with van der Waals surface area (Å²) in [6, 6.07) is 11.4. The highest BCUT2D eigenvalue weighted by atomic mass is 15.1. The maximum absolute atomic E-state index is 3.73. The Labute approximate surface area is 131 Å². The molecule has 0 spiro atoms. The molecule has 0 aliphatic rings. The summed E-state index contributed by atoms with van der Waals surface area (Å²) in [6.45, 7) is 16.0. The van der Waals surface area contributed by atoms with Crippen LogP contribution < -0.4 is 5.32 Å². The molecule has 1 atom stereocenters. The quantitative estimate of drug-likeness (QED) is 0.729. The van der Waals surface area contributed by atoms with Crippen molar-refractivity contribution in [2.45, 2.75) is 60.0 Å². The molecule has 2 nitrogen and oxygen atoms in total. The molecule has 1 unspecified atom stereocenters. The molecule has 0 amide bonds. The lowest BCUT2D eigenvalue weighted by molar-refractivity contribution is 0.204. The van der Waals surface area contributed by atoms with Gasteiger partial charge in [0.2, 0.25) is 0 Å². The number of benzene rings is 1. The van der Waals surface area contributed by atoms with Crippen LogP contribution in [0.3, 0.4) is 0 Å². The van der Waals surface area contributed by atoms with Crippen molar-refractivity contribution in [3.63, 3.8) is 0 Å². The first-order valence-electron chi connectivity index (χ1n) is 8.47. The third kappa shape index (κ3) is 7.10. The summed E-state index contributed by atoms with van der Waals surface area (Å²) >= 11 is 0. The topological polar surface area (TPSA) is 15.3 Å². The van der Waals surface area contributed by atoms with Crippen LogP contribution >= 0.6 is 0 Å². The molecule has 0 fully saturated rings. The minimum Gasteiger partial charge on any atom is -0.313 e. The molecule has 21 heavy (non-hydrogen) atoms. The summed E-state index contributed by atoms with van der Waals surface area (Å²) in [7, 11) is 0. The van der Waals surface area contributed by atoms with Crippen LogP contribution in [0, 0.1) is 5.41 Å². The fourth-order valence-electron chi connectivity index (χ4n) is 2.66. The number of hydrogen-bond donors (Lipinski definition) is 1. The van der Waals surface area contributed by atoms with Gasteiger partial charge < -0.3 is 5.32 Å². The van der Waals surface area contributed by atoms with Gasteiger partial charge in [0.1, 0.15) is 0 Å². The monoisotopic (exact) mass is 290 g/mol. The van der Waals surface area contributed by atoms with Gasteiger partial charge in [-0.25, -0.2) is 0 Å². The molecule has 0 saturated heterocycles. The lowest BCUT2D eigenvalue weighted by atomic mass is 9.84. The van der Waals surface area contributed by atoms with Crippen molar-refractivity contribution in [2.24, 2.45) is 5.41 Å². The Morgan fingerprint density at radius 1 is 1.10 bits per heavy atom. The normalized spacial score (nSPS) is 13.6. The Bertz CT molecular complexity index is 367. The Hall–Kier alpha value is -0.860. The maximum atomic E-state index is 3.73. The summed E-state index contributed by atoms with van der Waals surface area (Å²) in [6.07, 6.45) is 2.41. The first kappa shape index (κ1) is 18.2. The summed E-state index contributed by atoms with van der Waals surface area (Å²) in [5.74, 6) is 0. The van der Waals surface area contributed by atoms with E-state index in [0.29, 0.717) is 11.5 Å². The number of hydrogen-bond acceptors (Lipinski definition) is 2. The zero-order chi connectivity index (χ0) is 15.7. The van der Waals surface area contributed by atoms with E-state index in [1.54, 1.807) is 0 Å². The van der Waals surface area contributed by atoms with Crippen molar-refractivity contribution in [1.82, 2.24) is 10.2 Å². The van der Waals surface area contributed by atoms with E-state index < -0.39 is 0 Å². The molecule has 0 radical (unpaired) electrons. The zero-order valence-electron chi connectivity index (χ0n) is 14.7. The van der Waals surface area contributed by atoms with Crippen molar-refractivity contribution in [1.29, 1.82) is 0 Å². The van der Waals surface area contributed by atoms with E-state index in [9.17, 15) is 0 Å².